The summed E-state index contributed by atoms with van der Waals surface area (Å²) in [5.74, 6) is 0. The Balaban J connectivity index is 2.79. The minimum atomic E-state index is 0.0349. The molecule has 0 spiro atoms. The maximum Gasteiger partial charge on any atom is 0.0595 e. The Morgan fingerprint density at radius 1 is 1.35 bits per heavy atom. The normalized spacial score (nSPS) is 14.4. The highest BCUT2D eigenvalue weighted by atomic mass is 35.5. The summed E-state index contributed by atoms with van der Waals surface area (Å²) >= 11 is 11.9. The van der Waals surface area contributed by atoms with Crippen LogP contribution in [0.25, 0.3) is 0 Å². The molecule has 0 radical (unpaired) electrons. The first-order chi connectivity index (χ1) is 8.00. The van der Waals surface area contributed by atoms with E-state index < -0.39 is 0 Å². The third-order valence-electron chi connectivity index (χ3n) is 2.86. The summed E-state index contributed by atoms with van der Waals surface area (Å²) in [5.41, 5.74) is 1.22. The first-order valence-electron chi connectivity index (χ1n) is 5.79. The van der Waals surface area contributed by atoms with Gasteiger partial charge in [0.05, 0.1) is 10.0 Å². The van der Waals surface area contributed by atoms with E-state index in [1.165, 1.54) is 5.56 Å². The molecule has 0 fully saturated rings. The predicted molar refractivity (Wildman–Crippen MR) is 77.0 cm³/mol. The fourth-order valence-electron chi connectivity index (χ4n) is 1.73. The van der Waals surface area contributed by atoms with Crippen molar-refractivity contribution in [2.45, 2.75) is 20.3 Å². The molecular formula is C14H19Cl2N. The lowest BCUT2D eigenvalue weighted by Crippen LogP contribution is -2.31. The Hall–Kier alpha value is -0.500. The lowest BCUT2D eigenvalue weighted by atomic mass is 9.83. The molecule has 0 aliphatic rings. The third-order valence-corrected chi connectivity index (χ3v) is 3.60. The van der Waals surface area contributed by atoms with Crippen LogP contribution in [0.15, 0.2) is 30.9 Å². The molecule has 1 N–H and O–H groups in total. The molecule has 0 saturated carbocycles. The van der Waals surface area contributed by atoms with Crippen LogP contribution in [-0.4, -0.2) is 13.1 Å². The molecule has 94 valence electrons. The van der Waals surface area contributed by atoms with Gasteiger partial charge in [-0.3, -0.25) is 0 Å². The van der Waals surface area contributed by atoms with Crippen molar-refractivity contribution in [3.63, 3.8) is 0 Å². The standard InChI is InChI=1S/C14H19Cl2N/c1-4-14(3,10-17-5-2)9-11-6-7-12(15)13(16)8-11/h4,6-8,17H,1,5,9-10H2,2-3H3. The number of hydrogen-bond acceptors (Lipinski definition) is 1. The molecule has 0 heterocycles. The summed E-state index contributed by atoms with van der Waals surface area (Å²) in [4.78, 5) is 0. The maximum absolute atomic E-state index is 6.02. The lowest BCUT2D eigenvalue weighted by Gasteiger charge is -2.26. The largest absolute Gasteiger partial charge is 0.316 e. The number of rotatable bonds is 6. The zero-order valence-electron chi connectivity index (χ0n) is 10.4. The Kier molecular flexibility index (Phi) is 5.51. The van der Waals surface area contributed by atoms with Crippen LogP contribution in [0.5, 0.6) is 0 Å². The zero-order chi connectivity index (χ0) is 12.9. The van der Waals surface area contributed by atoms with E-state index >= 15 is 0 Å². The van der Waals surface area contributed by atoms with Gasteiger partial charge in [-0.25, -0.2) is 0 Å². The molecule has 0 aliphatic heterocycles. The molecule has 1 rings (SSSR count). The minimum Gasteiger partial charge on any atom is -0.316 e. The van der Waals surface area contributed by atoms with Crippen LogP contribution in [0.2, 0.25) is 10.0 Å². The summed E-state index contributed by atoms with van der Waals surface area (Å²) in [6.45, 7) is 10.1. The maximum atomic E-state index is 6.02. The Labute approximate surface area is 114 Å². The van der Waals surface area contributed by atoms with Gasteiger partial charge in [0.15, 0.2) is 0 Å². The summed E-state index contributed by atoms with van der Waals surface area (Å²) in [6, 6.07) is 5.79. The van der Waals surface area contributed by atoms with Gasteiger partial charge in [-0.05, 0) is 30.7 Å². The van der Waals surface area contributed by atoms with Gasteiger partial charge in [0, 0.05) is 12.0 Å². The average Bonchev–Trinajstić information content (AvgIpc) is 2.31. The molecule has 0 aromatic heterocycles. The van der Waals surface area contributed by atoms with Crippen molar-refractivity contribution in [1.82, 2.24) is 5.32 Å². The molecule has 3 heteroatoms. The monoisotopic (exact) mass is 271 g/mol. The molecule has 0 amide bonds. The summed E-state index contributed by atoms with van der Waals surface area (Å²) in [7, 11) is 0. The van der Waals surface area contributed by atoms with Crippen molar-refractivity contribution in [1.29, 1.82) is 0 Å². The van der Waals surface area contributed by atoms with Crippen LogP contribution >= 0.6 is 23.2 Å². The van der Waals surface area contributed by atoms with E-state index in [0.29, 0.717) is 10.0 Å². The fraction of sp³-hybridized carbons (Fsp3) is 0.429. The van der Waals surface area contributed by atoms with E-state index in [1.807, 2.05) is 24.3 Å². The van der Waals surface area contributed by atoms with Crippen molar-refractivity contribution in [3.8, 4) is 0 Å². The first-order valence-corrected chi connectivity index (χ1v) is 6.54. The van der Waals surface area contributed by atoms with Crippen molar-refractivity contribution in [3.05, 3.63) is 46.5 Å². The van der Waals surface area contributed by atoms with E-state index in [0.717, 1.165) is 19.5 Å². The van der Waals surface area contributed by atoms with Crippen molar-refractivity contribution in [2.24, 2.45) is 5.41 Å². The SMILES string of the molecule is C=CC(C)(CNCC)Cc1ccc(Cl)c(Cl)c1. The number of halogens is 2. The first kappa shape index (κ1) is 14.6. The van der Waals surface area contributed by atoms with Gasteiger partial charge in [0.25, 0.3) is 0 Å². The fourth-order valence-corrected chi connectivity index (χ4v) is 2.05. The minimum absolute atomic E-state index is 0.0349. The van der Waals surface area contributed by atoms with Crippen LogP contribution < -0.4 is 5.32 Å². The molecule has 1 aromatic rings. The van der Waals surface area contributed by atoms with E-state index in [4.69, 9.17) is 23.2 Å². The summed E-state index contributed by atoms with van der Waals surface area (Å²) < 4.78 is 0. The van der Waals surface area contributed by atoms with Crippen LogP contribution in [0, 0.1) is 5.41 Å². The van der Waals surface area contributed by atoms with E-state index in [-0.39, 0.29) is 5.41 Å². The summed E-state index contributed by atoms with van der Waals surface area (Å²) in [6.07, 6.45) is 2.90. The quantitative estimate of drug-likeness (QED) is 0.760. The van der Waals surface area contributed by atoms with Crippen LogP contribution in [0.4, 0.5) is 0 Å². The predicted octanol–water partition coefficient (Wildman–Crippen LogP) is 4.34. The third kappa shape index (κ3) is 4.34. The lowest BCUT2D eigenvalue weighted by molar-refractivity contribution is 0.396. The van der Waals surface area contributed by atoms with Crippen molar-refractivity contribution >= 4 is 23.2 Å². The molecule has 1 atom stereocenters. The van der Waals surface area contributed by atoms with Crippen molar-refractivity contribution in [2.75, 3.05) is 13.1 Å². The highest BCUT2D eigenvalue weighted by Crippen LogP contribution is 2.28. The van der Waals surface area contributed by atoms with Crippen molar-refractivity contribution < 1.29 is 0 Å². The van der Waals surface area contributed by atoms with Gasteiger partial charge >= 0.3 is 0 Å². The smallest absolute Gasteiger partial charge is 0.0595 e. The zero-order valence-corrected chi connectivity index (χ0v) is 11.9. The Morgan fingerprint density at radius 3 is 2.59 bits per heavy atom. The van der Waals surface area contributed by atoms with Gasteiger partial charge in [-0.15, -0.1) is 6.58 Å². The van der Waals surface area contributed by atoms with E-state index in [1.54, 1.807) is 0 Å². The van der Waals surface area contributed by atoms with E-state index in [9.17, 15) is 0 Å². The second kappa shape index (κ2) is 6.44. The molecule has 0 saturated heterocycles. The molecule has 1 unspecified atom stereocenters. The topological polar surface area (TPSA) is 12.0 Å². The average molecular weight is 272 g/mol. The molecule has 0 bridgehead atoms. The highest BCUT2D eigenvalue weighted by molar-refractivity contribution is 6.42. The number of benzene rings is 1. The van der Waals surface area contributed by atoms with Gasteiger partial charge in [0.2, 0.25) is 0 Å². The Morgan fingerprint density at radius 2 is 2.06 bits per heavy atom. The molecule has 0 aliphatic carbocycles. The molecule has 1 nitrogen and oxygen atoms in total. The van der Waals surface area contributed by atoms with Gasteiger partial charge in [0.1, 0.15) is 0 Å². The van der Waals surface area contributed by atoms with Crippen LogP contribution in [-0.2, 0) is 6.42 Å². The number of nitrogens with one attached hydrogen (secondary N) is 1. The van der Waals surface area contributed by atoms with E-state index in [2.05, 4.69) is 25.7 Å². The van der Waals surface area contributed by atoms with Gasteiger partial charge in [-0.2, -0.15) is 0 Å². The number of hydrogen-bond donors (Lipinski definition) is 1. The summed E-state index contributed by atoms with van der Waals surface area (Å²) in [5, 5.41) is 4.57. The molecular weight excluding hydrogens is 253 g/mol. The second-order valence-electron chi connectivity index (χ2n) is 4.56. The molecule has 17 heavy (non-hydrogen) atoms. The van der Waals surface area contributed by atoms with Crippen LogP contribution in [0.3, 0.4) is 0 Å². The molecule has 1 aromatic carbocycles. The van der Waals surface area contributed by atoms with Gasteiger partial charge in [-0.1, -0.05) is 49.2 Å². The Bertz CT molecular complexity index is 390. The van der Waals surface area contributed by atoms with Crippen LogP contribution in [0.1, 0.15) is 19.4 Å². The highest BCUT2D eigenvalue weighted by Gasteiger charge is 2.20. The van der Waals surface area contributed by atoms with Gasteiger partial charge < -0.3 is 5.32 Å². The second-order valence-corrected chi connectivity index (χ2v) is 5.38.